The molecule has 2 rings (SSSR count). The van der Waals surface area contributed by atoms with Crippen molar-refractivity contribution in [3.63, 3.8) is 0 Å². The molecule has 1 aromatic heterocycles. The molecule has 0 amide bonds. The van der Waals surface area contributed by atoms with Crippen LogP contribution in [0.25, 0.3) is 0 Å². The largest absolute Gasteiger partial charge is 0.387 e. The Morgan fingerprint density at radius 1 is 1.38 bits per heavy atom. The monoisotopic (exact) mass is 343 g/mol. The minimum atomic E-state index is 0.329. The first-order chi connectivity index (χ1) is 7.66. The quantitative estimate of drug-likeness (QED) is 0.686. The lowest BCUT2D eigenvalue weighted by Crippen LogP contribution is -2.17. The van der Waals surface area contributed by atoms with Gasteiger partial charge in [-0.25, -0.2) is 4.98 Å². The van der Waals surface area contributed by atoms with Gasteiger partial charge in [0, 0.05) is 22.5 Å². The summed E-state index contributed by atoms with van der Waals surface area (Å²) in [5, 5.41) is 0. The van der Waals surface area contributed by atoms with Gasteiger partial charge < -0.3 is 10.3 Å². The Bertz CT molecular complexity index is 504. The van der Waals surface area contributed by atoms with E-state index < -0.39 is 0 Å². The maximum absolute atomic E-state index is 5.58. The van der Waals surface area contributed by atoms with E-state index in [4.69, 9.17) is 18.0 Å². The zero-order chi connectivity index (χ0) is 11.5. The summed E-state index contributed by atoms with van der Waals surface area (Å²) in [6.07, 6.45) is 3.59. The van der Waals surface area contributed by atoms with Gasteiger partial charge in [0.15, 0.2) is 5.82 Å². The molecular weight excluding hydrogens is 333 g/mol. The molecule has 0 aliphatic rings. The fraction of sp³-hybridized carbons (Fsp3) is 0.0909. The molecule has 0 spiro atoms. The van der Waals surface area contributed by atoms with Gasteiger partial charge in [0.1, 0.15) is 4.99 Å². The molecular formula is C11H10IN3S. The van der Waals surface area contributed by atoms with Crippen LogP contribution in [0.15, 0.2) is 36.7 Å². The van der Waals surface area contributed by atoms with E-state index in [1.165, 1.54) is 9.13 Å². The van der Waals surface area contributed by atoms with Gasteiger partial charge in [-0.05, 0) is 40.3 Å². The van der Waals surface area contributed by atoms with Gasteiger partial charge in [0.25, 0.3) is 0 Å². The lowest BCUT2D eigenvalue weighted by Gasteiger charge is -2.06. The molecule has 0 bridgehead atoms. The van der Waals surface area contributed by atoms with Crippen LogP contribution in [-0.2, 0) is 6.54 Å². The Labute approximate surface area is 113 Å². The molecule has 2 N–H and O–H groups in total. The van der Waals surface area contributed by atoms with Gasteiger partial charge in [-0.15, -0.1) is 0 Å². The summed E-state index contributed by atoms with van der Waals surface area (Å²) in [5.41, 5.74) is 6.79. The minimum Gasteiger partial charge on any atom is -0.387 e. The number of halogens is 1. The first kappa shape index (κ1) is 11.5. The van der Waals surface area contributed by atoms with Crippen LogP contribution < -0.4 is 5.73 Å². The molecule has 0 unspecified atom stereocenters. The lowest BCUT2D eigenvalue weighted by atomic mass is 10.2. The van der Waals surface area contributed by atoms with Gasteiger partial charge in [-0.2, -0.15) is 0 Å². The van der Waals surface area contributed by atoms with Crippen LogP contribution in [0.3, 0.4) is 0 Å². The SMILES string of the molecule is NC(=S)c1nccn1Cc1ccc(I)cc1. The summed E-state index contributed by atoms with van der Waals surface area (Å²) in [4.78, 5) is 4.45. The minimum absolute atomic E-state index is 0.329. The van der Waals surface area contributed by atoms with Crippen molar-refractivity contribution in [3.8, 4) is 0 Å². The van der Waals surface area contributed by atoms with Crippen molar-refractivity contribution >= 4 is 39.8 Å². The van der Waals surface area contributed by atoms with Crippen LogP contribution in [0.2, 0.25) is 0 Å². The van der Waals surface area contributed by atoms with Crippen molar-refractivity contribution in [1.29, 1.82) is 0 Å². The molecule has 0 saturated carbocycles. The molecule has 1 aromatic carbocycles. The van der Waals surface area contributed by atoms with Crippen molar-refractivity contribution in [2.75, 3.05) is 0 Å². The number of thiocarbonyl (C=S) groups is 1. The van der Waals surface area contributed by atoms with Gasteiger partial charge >= 0.3 is 0 Å². The third-order valence-corrected chi connectivity index (χ3v) is 3.10. The van der Waals surface area contributed by atoms with E-state index in [1.54, 1.807) is 6.20 Å². The summed E-state index contributed by atoms with van der Waals surface area (Å²) in [5.74, 6) is 0.661. The van der Waals surface area contributed by atoms with Gasteiger partial charge in [0.2, 0.25) is 0 Å². The van der Waals surface area contributed by atoms with Crippen LogP contribution in [0.5, 0.6) is 0 Å². The third-order valence-electron chi connectivity index (χ3n) is 2.20. The highest BCUT2D eigenvalue weighted by atomic mass is 127. The highest BCUT2D eigenvalue weighted by Crippen LogP contribution is 2.09. The zero-order valence-electron chi connectivity index (χ0n) is 8.43. The molecule has 2 aromatic rings. The second-order valence-corrected chi connectivity index (χ2v) is 5.05. The number of nitrogens with zero attached hydrogens (tertiary/aromatic N) is 2. The molecule has 1 heterocycles. The first-order valence-electron chi connectivity index (χ1n) is 4.72. The summed E-state index contributed by atoms with van der Waals surface area (Å²) >= 11 is 7.22. The van der Waals surface area contributed by atoms with E-state index in [0.717, 1.165) is 6.54 Å². The van der Waals surface area contributed by atoms with Crippen molar-refractivity contribution in [2.24, 2.45) is 5.73 Å². The summed E-state index contributed by atoms with van der Waals surface area (Å²) in [6, 6.07) is 8.33. The summed E-state index contributed by atoms with van der Waals surface area (Å²) in [7, 11) is 0. The second-order valence-electron chi connectivity index (χ2n) is 3.37. The Kier molecular flexibility index (Phi) is 3.55. The van der Waals surface area contributed by atoms with E-state index >= 15 is 0 Å². The fourth-order valence-electron chi connectivity index (χ4n) is 1.45. The van der Waals surface area contributed by atoms with Crippen molar-refractivity contribution in [2.45, 2.75) is 6.54 Å². The predicted molar refractivity (Wildman–Crippen MR) is 76.4 cm³/mol. The molecule has 3 nitrogen and oxygen atoms in total. The number of aromatic nitrogens is 2. The number of hydrogen-bond donors (Lipinski definition) is 1. The molecule has 0 aliphatic carbocycles. The third kappa shape index (κ3) is 2.59. The zero-order valence-corrected chi connectivity index (χ0v) is 11.4. The second kappa shape index (κ2) is 4.92. The maximum Gasteiger partial charge on any atom is 0.167 e. The van der Waals surface area contributed by atoms with Crippen LogP contribution in [0.1, 0.15) is 11.4 Å². The van der Waals surface area contributed by atoms with Crippen LogP contribution in [0, 0.1) is 3.57 Å². The Balaban J connectivity index is 2.23. The highest BCUT2D eigenvalue weighted by Gasteiger charge is 2.05. The highest BCUT2D eigenvalue weighted by molar-refractivity contribution is 14.1. The Hall–Kier alpha value is -0.950. The number of hydrogen-bond acceptors (Lipinski definition) is 2. The van der Waals surface area contributed by atoms with E-state index in [2.05, 4.69) is 51.8 Å². The molecule has 82 valence electrons. The Morgan fingerprint density at radius 2 is 2.06 bits per heavy atom. The van der Waals surface area contributed by atoms with E-state index in [-0.39, 0.29) is 0 Å². The number of rotatable bonds is 3. The Morgan fingerprint density at radius 3 is 2.69 bits per heavy atom. The van der Waals surface area contributed by atoms with Crippen LogP contribution in [0.4, 0.5) is 0 Å². The lowest BCUT2D eigenvalue weighted by molar-refractivity contribution is 0.788. The van der Waals surface area contributed by atoms with Gasteiger partial charge in [-0.1, -0.05) is 24.4 Å². The topological polar surface area (TPSA) is 43.8 Å². The van der Waals surface area contributed by atoms with Gasteiger partial charge in [-0.3, -0.25) is 0 Å². The van der Waals surface area contributed by atoms with Crippen molar-refractivity contribution < 1.29 is 0 Å². The standard InChI is InChI=1S/C11H10IN3S/c12-9-3-1-8(2-4-9)7-15-6-5-14-11(15)10(13)16/h1-6H,7H2,(H2,13,16). The number of imidazole rings is 1. The predicted octanol–water partition coefficient (Wildman–Crippen LogP) is 2.17. The fourth-order valence-corrected chi connectivity index (χ4v) is 1.98. The first-order valence-corrected chi connectivity index (χ1v) is 6.21. The molecule has 0 fully saturated rings. The molecule has 16 heavy (non-hydrogen) atoms. The molecule has 5 heteroatoms. The van der Waals surface area contributed by atoms with Crippen LogP contribution in [-0.4, -0.2) is 14.5 Å². The number of benzene rings is 1. The normalized spacial score (nSPS) is 10.3. The van der Waals surface area contributed by atoms with E-state index in [9.17, 15) is 0 Å². The molecule has 0 atom stereocenters. The van der Waals surface area contributed by atoms with E-state index in [1.807, 2.05) is 10.8 Å². The van der Waals surface area contributed by atoms with Crippen LogP contribution >= 0.6 is 34.8 Å². The number of nitrogens with two attached hydrogens (primary N) is 1. The average Bonchev–Trinajstić information content (AvgIpc) is 2.69. The summed E-state index contributed by atoms with van der Waals surface area (Å²) in [6.45, 7) is 0.740. The molecule has 0 aliphatic heterocycles. The van der Waals surface area contributed by atoms with Crippen molar-refractivity contribution in [1.82, 2.24) is 9.55 Å². The smallest absolute Gasteiger partial charge is 0.167 e. The average molecular weight is 343 g/mol. The van der Waals surface area contributed by atoms with Crippen molar-refractivity contribution in [3.05, 3.63) is 51.6 Å². The van der Waals surface area contributed by atoms with Gasteiger partial charge in [0.05, 0.1) is 0 Å². The molecule has 0 radical (unpaired) electrons. The molecule has 0 saturated heterocycles. The van der Waals surface area contributed by atoms with E-state index in [0.29, 0.717) is 10.8 Å². The maximum atomic E-state index is 5.58. The summed E-state index contributed by atoms with van der Waals surface area (Å²) < 4.78 is 3.17.